The van der Waals surface area contributed by atoms with Crippen LogP contribution >= 0.6 is 11.3 Å². The first kappa shape index (κ1) is 25.6. The Morgan fingerprint density at radius 2 is 1.81 bits per heavy atom. The second-order valence-corrected chi connectivity index (χ2v) is 8.87. The van der Waals surface area contributed by atoms with Crippen molar-refractivity contribution >= 4 is 55.7 Å². The van der Waals surface area contributed by atoms with Crippen molar-refractivity contribution in [1.29, 1.82) is 0 Å². The van der Waals surface area contributed by atoms with E-state index in [2.05, 4.69) is 20.6 Å². The molecule has 0 spiro atoms. The number of thiazole rings is 1. The summed E-state index contributed by atoms with van der Waals surface area (Å²) in [6.07, 6.45) is -3.87. The number of benzene rings is 2. The lowest BCUT2D eigenvalue weighted by Gasteiger charge is -2.26. The minimum absolute atomic E-state index is 0.0797. The number of nitrogen functional groups attached to an aromatic ring is 1. The van der Waals surface area contributed by atoms with E-state index in [0.717, 1.165) is 48.8 Å². The molecule has 2 heterocycles. The Kier molecular flexibility index (Phi) is 6.85. The average molecular weight is 534 g/mol. The van der Waals surface area contributed by atoms with Gasteiger partial charge in [0.15, 0.2) is 11.0 Å². The molecule has 0 unspecified atom stereocenters. The van der Waals surface area contributed by atoms with E-state index < -0.39 is 35.4 Å². The molecule has 0 saturated carbocycles. The molecule has 2 aromatic heterocycles. The summed E-state index contributed by atoms with van der Waals surface area (Å²) < 4.78 is 55.5. The van der Waals surface area contributed by atoms with Crippen molar-refractivity contribution < 1.29 is 27.2 Å². The summed E-state index contributed by atoms with van der Waals surface area (Å²) in [5.41, 5.74) is 5.12. The number of anilines is 4. The largest absolute Gasteiger partial charge is 0.404 e. The molecular formula is C23H18F4N6O3S. The molecule has 5 N–H and O–H groups in total. The molecule has 14 heteroatoms. The zero-order valence-corrected chi connectivity index (χ0v) is 19.7. The molecule has 3 amide bonds. The second kappa shape index (κ2) is 9.89. The summed E-state index contributed by atoms with van der Waals surface area (Å²) in [6, 6.07) is 8.86. The van der Waals surface area contributed by atoms with Gasteiger partial charge in [-0.15, -0.1) is 0 Å². The van der Waals surface area contributed by atoms with E-state index in [-0.39, 0.29) is 26.8 Å². The van der Waals surface area contributed by atoms with E-state index in [1.54, 1.807) is 0 Å². The van der Waals surface area contributed by atoms with E-state index in [4.69, 9.17) is 5.73 Å². The summed E-state index contributed by atoms with van der Waals surface area (Å²) in [6.45, 7) is 0. The smallest absolute Gasteiger partial charge is 0.396 e. The molecule has 0 aliphatic rings. The van der Waals surface area contributed by atoms with Crippen molar-refractivity contribution in [3.63, 3.8) is 0 Å². The predicted molar refractivity (Wildman–Crippen MR) is 132 cm³/mol. The zero-order valence-electron chi connectivity index (χ0n) is 18.9. The van der Waals surface area contributed by atoms with Crippen LogP contribution in [0.3, 0.4) is 0 Å². The van der Waals surface area contributed by atoms with Crippen molar-refractivity contribution in [2.45, 2.75) is 12.1 Å². The summed E-state index contributed by atoms with van der Waals surface area (Å²) in [5.74, 6) is -4.37. The van der Waals surface area contributed by atoms with Gasteiger partial charge in [-0.05, 0) is 42.0 Å². The molecular weight excluding hydrogens is 516 g/mol. The molecule has 4 aromatic rings. The average Bonchev–Trinajstić information content (AvgIpc) is 3.22. The fourth-order valence-electron chi connectivity index (χ4n) is 3.51. The number of aromatic amines is 1. The number of H-pyrrole nitrogens is 1. The maximum Gasteiger partial charge on any atom is 0.404 e. The van der Waals surface area contributed by atoms with E-state index in [1.807, 2.05) is 0 Å². The molecule has 9 nitrogen and oxygen atoms in total. The van der Waals surface area contributed by atoms with Crippen molar-refractivity contribution in [2.75, 3.05) is 28.3 Å². The van der Waals surface area contributed by atoms with Crippen molar-refractivity contribution in [3.05, 3.63) is 76.5 Å². The third-order valence-corrected chi connectivity index (χ3v) is 6.20. The Bertz CT molecular complexity index is 1530. The Morgan fingerprint density at radius 3 is 2.49 bits per heavy atom. The highest BCUT2D eigenvalue weighted by Crippen LogP contribution is 2.39. The van der Waals surface area contributed by atoms with Gasteiger partial charge < -0.3 is 20.9 Å². The van der Waals surface area contributed by atoms with Crippen LogP contribution in [0.5, 0.6) is 0 Å². The van der Waals surface area contributed by atoms with E-state index in [1.165, 1.54) is 24.3 Å². The normalized spacial score (nSPS) is 12.2. The number of aromatic nitrogens is 2. The lowest BCUT2D eigenvalue weighted by molar-refractivity contribution is -0.163. The maximum absolute atomic E-state index is 14.1. The summed E-state index contributed by atoms with van der Waals surface area (Å²) in [4.78, 5) is 44.0. The number of urea groups is 1. The van der Waals surface area contributed by atoms with Crippen LogP contribution in [0.1, 0.15) is 11.5 Å². The quantitative estimate of drug-likeness (QED) is 0.277. The molecule has 1 atom stereocenters. The minimum Gasteiger partial charge on any atom is -0.396 e. The number of nitrogens with one attached hydrogen (secondary N) is 3. The number of hydrogen-bond acceptors (Lipinski definition) is 6. The Labute approximate surface area is 209 Å². The summed E-state index contributed by atoms with van der Waals surface area (Å²) in [7, 11) is 1.10. The topological polar surface area (TPSA) is 133 Å². The van der Waals surface area contributed by atoms with E-state index in [0.29, 0.717) is 16.1 Å². The van der Waals surface area contributed by atoms with Crippen LogP contribution in [-0.2, 0) is 4.79 Å². The van der Waals surface area contributed by atoms with Crippen LogP contribution in [0.2, 0.25) is 0 Å². The molecule has 37 heavy (non-hydrogen) atoms. The summed E-state index contributed by atoms with van der Waals surface area (Å²) >= 11 is 0.901. The van der Waals surface area contributed by atoms with Gasteiger partial charge >= 0.3 is 12.2 Å². The predicted octanol–water partition coefficient (Wildman–Crippen LogP) is 4.66. The third-order valence-electron chi connectivity index (χ3n) is 5.27. The highest BCUT2D eigenvalue weighted by atomic mass is 32.1. The Hall–Kier alpha value is -4.46. The first-order valence-electron chi connectivity index (χ1n) is 10.5. The molecule has 0 bridgehead atoms. The molecule has 0 aliphatic carbocycles. The van der Waals surface area contributed by atoms with Gasteiger partial charge in [0.25, 0.3) is 0 Å². The highest BCUT2D eigenvalue weighted by molar-refractivity contribution is 7.22. The van der Waals surface area contributed by atoms with E-state index in [9.17, 15) is 31.9 Å². The molecule has 0 fully saturated rings. The summed E-state index contributed by atoms with van der Waals surface area (Å²) in [5, 5.41) is 5.04. The highest BCUT2D eigenvalue weighted by Gasteiger charge is 2.47. The number of halogens is 4. The first-order valence-corrected chi connectivity index (χ1v) is 11.3. The number of carbonyl (C=O) groups is 2. The van der Waals surface area contributed by atoms with Crippen molar-refractivity contribution in [3.8, 4) is 0 Å². The molecule has 2 aromatic carbocycles. The number of nitrogens with two attached hydrogens (primary N) is 1. The number of likely N-dealkylation sites (N-methyl/N-ethyl adjacent to an activating group) is 1. The fraction of sp³-hybridized carbons (Fsp3) is 0.130. The number of alkyl halides is 3. The van der Waals surface area contributed by atoms with Gasteiger partial charge in [-0.1, -0.05) is 17.4 Å². The first-order chi connectivity index (χ1) is 17.4. The maximum atomic E-state index is 14.1. The van der Waals surface area contributed by atoms with Gasteiger partial charge in [0, 0.05) is 25.0 Å². The van der Waals surface area contributed by atoms with Crippen molar-refractivity contribution in [2.24, 2.45) is 0 Å². The number of nitrogens with zero attached hydrogens (tertiary/aromatic N) is 2. The lowest BCUT2D eigenvalue weighted by Crippen LogP contribution is -2.39. The number of pyridine rings is 1. The van der Waals surface area contributed by atoms with Crippen LogP contribution < -0.4 is 26.8 Å². The number of carbonyl (C=O) groups excluding carboxylic acids is 2. The van der Waals surface area contributed by atoms with Crippen LogP contribution in [0.4, 0.5) is 44.5 Å². The molecule has 0 radical (unpaired) electrons. The Morgan fingerprint density at radius 1 is 1.11 bits per heavy atom. The number of hydrogen-bond donors (Lipinski definition) is 4. The third kappa shape index (κ3) is 5.69. The zero-order chi connectivity index (χ0) is 26.9. The van der Waals surface area contributed by atoms with Gasteiger partial charge in [-0.2, -0.15) is 13.2 Å². The SMILES string of the molecule is CN(C(=O)[C@@H](c1ccc2nc(NC(=O)Nc3ccc(F)cc3)sc2c1)C(F)(F)F)c1cc(=O)[nH]cc1N. The molecule has 0 saturated heterocycles. The minimum atomic E-state index is -4.96. The molecule has 0 aliphatic heterocycles. The molecule has 192 valence electrons. The van der Waals surface area contributed by atoms with Gasteiger partial charge in [-0.3, -0.25) is 14.9 Å². The Balaban J connectivity index is 1.59. The van der Waals surface area contributed by atoms with Crippen LogP contribution in [-0.4, -0.2) is 35.1 Å². The van der Waals surface area contributed by atoms with Crippen LogP contribution in [0.25, 0.3) is 10.2 Å². The fourth-order valence-corrected chi connectivity index (χ4v) is 4.42. The van der Waals surface area contributed by atoms with Gasteiger partial charge in [0.05, 0.1) is 21.6 Å². The number of amides is 3. The monoisotopic (exact) mass is 534 g/mol. The van der Waals surface area contributed by atoms with E-state index >= 15 is 0 Å². The van der Waals surface area contributed by atoms with Crippen LogP contribution in [0.15, 0.2) is 59.5 Å². The standard InChI is InChI=1S/C23H18F4N6O3S/c1-33(16-9-18(34)29-10-14(16)28)20(35)19(23(25,26)27)11-2-7-15-17(8-11)37-22(31-15)32-21(36)30-13-5-3-12(24)4-6-13/h2-10,19H,28H2,1H3,(H,29,34)(H2,30,31,32,36)/t19-/m1/s1. The second-order valence-electron chi connectivity index (χ2n) is 7.84. The van der Waals surface area contributed by atoms with Gasteiger partial charge in [0.2, 0.25) is 11.5 Å². The molecule has 4 rings (SSSR count). The number of fused-ring (bicyclic) bond motifs is 1. The number of rotatable bonds is 5. The lowest BCUT2D eigenvalue weighted by atomic mass is 9.96. The van der Waals surface area contributed by atoms with Gasteiger partial charge in [-0.25, -0.2) is 14.2 Å². The van der Waals surface area contributed by atoms with Gasteiger partial charge in [0.1, 0.15) is 5.82 Å². The van der Waals surface area contributed by atoms with Crippen molar-refractivity contribution in [1.82, 2.24) is 9.97 Å². The van der Waals surface area contributed by atoms with Crippen LogP contribution in [0, 0.1) is 5.82 Å².